The minimum Gasteiger partial charge on any atom is -0.465 e. The van der Waals surface area contributed by atoms with Crippen molar-refractivity contribution in [1.82, 2.24) is 0 Å². The van der Waals surface area contributed by atoms with Crippen LogP contribution >= 0.6 is 11.8 Å². The van der Waals surface area contributed by atoms with E-state index in [9.17, 15) is 4.79 Å². The van der Waals surface area contributed by atoms with Crippen LogP contribution in [0.1, 0.15) is 32.6 Å². The van der Waals surface area contributed by atoms with Gasteiger partial charge in [0.2, 0.25) is 0 Å². The first kappa shape index (κ1) is 9.90. The van der Waals surface area contributed by atoms with Crippen LogP contribution in [0.5, 0.6) is 0 Å². The van der Waals surface area contributed by atoms with Gasteiger partial charge in [-0.15, -0.1) is 11.8 Å². The van der Waals surface area contributed by atoms with E-state index in [4.69, 9.17) is 4.74 Å². The Kier molecular flexibility index (Phi) is 4.51. The first-order valence-electron chi connectivity index (χ1n) is 4.60. The van der Waals surface area contributed by atoms with Crippen molar-refractivity contribution >= 4 is 17.7 Å². The molecule has 0 aromatic heterocycles. The highest BCUT2D eigenvalue weighted by atomic mass is 32.2. The van der Waals surface area contributed by atoms with E-state index in [-0.39, 0.29) is 5.97 Å². The number of hydrogen-bond acceptors (Lipinski definition) is 3. The average Bonchev–Trinajstić information content (AvgIpc) is 2.53. The Hall–Kier alpha value is -0.180. The second-order valence-electron chi connectivity index (χ2n) is 3.02. The van der Waals surface area contributed by atoms with E-state index in [0.717, 1.165) is 5.25 Å². The van der Waals surface area contributed by atoms with Crippen molar-refractivity contribution in [3.63, 3.8) is 0 Å². The zero-order valence-electron chi connectivity index (χ0n) is 7.54. The Balaban J connectivity index is 2.03. The molecule has 0 bridgehead atoms. The zero-order valence-corrected chi connectivity index (χ0v) is 8.36. The Morgan fingerprint density at radius 1 is 1.50 bits per heavy atom. The summed E-state index contributed by atoms with van der Waals surface area (Å²) in [7, 11) is 0. The van der Waals surface area contributed by atoms with E-state index in [0.29, 0.717) is 12.4 Å². The smallest absolute Gasteiger partial charge is 0.315 e. The first-order valence-corrected chi connectivity index (χ1v) is 5.65. The van der Waals surface area contributed by atoms with Crippen LogP contribution in [0.25, 0.3) is 0 Å². The highest BCUT2D eigenvalue weighted by Gasteiger charge is 2.16. The van der Waals surface area contributed by atoms with Crippen LogP contribution in [0.2, 0.25) is 0 Å². The predicted molar refractivity (Wildman–Crippen MR) is 51.3 cm³/mol. The largest absolute Gasteiger partial charge is 0.465 e. The lowest BCUT2D eigenvalue weighted by molar-refractivity contribution is -0.139. The topological polar surface area (TPSA) is 26.3 Å². The molecule has 0 saturated heterocycles. The standard InChI is InChI=1S/C9H16O2S/c1-2-11-9(10)7-12-8-5-3-4-6-8/h8H,2-7H2,1H3. The van der Waals surface area contributed by atoms with Gasteiger partial charge in [0.1, 0.15) is 0 Å². The molecule has 3 heteroatoms. The fourth-order valence-corrected chi connectivity index (χ4v) is 2.57. The summed E-state index contributed by atoms with van der Waals surface area (Å²) in [4.78, 5) is 11.0. The third-order valence-electron chi connectivity index (χ3n) is 2.04. The molecular weight excluding hydrogens is 172 g/mol. The van der Waals surface area contributed by atoms with Gasteiger partial charge >= 0.3 is 5.97 Å². The number of carbonyl (C=O) groups is 1. The molecule has 1 aliphatic carbocycles. The van der Waals surface area contributed by atoms with E-state index >= 15 is 0 Å². The molecule has 0 N–H and O–H groups in total. The lowest BCUT2D eigenvalue weighted by atomic mass is 10.4. The summed E-state index contributed by atoms with van der Waals surface area (Å²) in [5, 5.41) is 0.717. The minimum absolute atomic E-state index is 0.0607. The van der Waals surface area contributed by atoms with Crippen LogP contribution in [0, 0.1) is 0 Å². The number of hydrogen-bond donors (Lipinski definition) is 0. The van der Waals surface area contributed by atoms with Gasteiger partial charge < -0.3 is 4.74 Å². The molecule has 1 aliphatic rings. The highest BCUT2D eigenvalue weighted by molar-refractivity contribution is 8.00. The summed E-state index contributed by atoms with van der Waals surface area (Å²) in [6, 6.07) is 0. The fourth-order valence-electron chi connectivity index (χ4n) is 1.44. The van der Waals surface area contributed by atoms with E-state index in [2.05, 4.69) is 0 Å². The molecular formula is C9H16O2S. The average molecular weight is 188 g/mol. The maximum Gasteiger partial charge on any atom is 0.315 e. The predicted octanol–water partition coefficient (Wildman–Crippen LogP) is 2.23. The van der Waals surface area contributed by atoms with Crippen molar-refractivity contribution in [1.29, 1.82) is 0 Å². The Morgan fingerprint density at radius 3 is 2.75 bits per heavy atom. The lowest BCUT2D eigenvalue weighted by Crippen LogP contribution is -2.09. The van der Waals surface area contributed by atoms with Crippen LogP contribution in [0.4, 0.5) is 0 Å². The molecule has 0 aliphatic heterocycles. The van der Waals surface area contributed by atoms with Gasteiger partial charge in [-0.3, -0.25) is 4.79 Å². The van der Waals surface area contributed by atoms with Gasteiger partial charge in [0.15, 0.2) is 0 Å². The van der Waals surface area contributed by atoms with Crippen LogP contribution in [-0.2, 0) is 9.53 Å². The van der Waals surface area contributed by atoms with Crippen molar-refractivity contribution in [2.45, 2.75) is 37.9 Å². The third kappa shape index (κ3) is 3.48. The summed E-state index contributed by atoms with van der Waals surface area (Å²) >= 11 is 1.76. The Morgan fingerprint density at radius 2 is 2.17 bits per heavy atom. The van der Waals surface area contributed by atoms with Crippen LogP contribution in [0.15, 0.2) is 0 Å². The molecule has 1 saturated carbocycles. The molecule has 0 spiro atoms. The Labute approximate surface area is 78.1 Å². The quantitative estimate of drug-likeness (QED) is 0.633. The summed E-state index contributed by atoms with van der Waals surface area (Å²) in [6.45, 7) is 2.35. The van der Waals surface area contributed by atoms with Gasteiger partial charge in [-0.05, 0) is 19.8 Å². The van der Waals surface area contributed by atoms with Crippen LogP contribution in [0.3, 0.4) is 0 Å². The second kappa shape index (κ2) is 5.46. The number of rotatable bonds is 4. The molecule has 0 aromatic rings. The van der Waals surface area contributed by atoms with Crippen molar-refractivity contribution < 1.29 is 9.53 Å². The van der Waals surface area contributed by atoms with Crippen molar-refractivity contribution in [3.8, 4) is 0 Å². The van der Waals surface area contributed by atoms with E-state index < -0.39 is 0 Å². The maximum atomic E-state index is 11.0. The van der Waals surface area contributed by atoms with Crippen molar-refractivity contribution in [2.24, 2.45) is 0 Å². The molecule has 12 heavy (non-hydrogen) atoms. The molecule has 70 valence electrons. The summed E-state index contributed by atoms with van der Waals surface area (Å²) in [5.74, 6) is 0.479. The minimum atomic E-state index is -0.0607. The first-order chi connectivity index (χ1) is 5.83. The molecule has 0 atom stereocenters. The molecule has 1 fully saturated rings. The Bertz CT molecular complexity index is 141. The summed E-state index contributed by atoms with van der Waals surface area (Å²) in [6.07, 6.45) is 5.23. The van der Waals surface area contributed by atoms with Crippen LogP contribution in [-0.4, -0.2) is 23.6 Å². The number of carbonyl (C=O) groups excluding carboxylic acids is 1. The molecule has 0 unspecified atom stereocenters. The number of thioether (sulfide) groups is 1. The zero-order chi connectivity index (χ0) is 8.81. The number of esters is 1. The van der Waals surface area contributed by atoms with Gasteiger partial charge in [-0.25, -0.2) is 0 Å². The molecule has 0 radical (unpaired) electrons. The second-order valence-corrected chi connectivity index (χ2v) is 4.31. The molecule has 2 nitrogen and oxygen atoms in total. The SMILES string of the molecule is CCOC(=O)CSC1CCCC1. The third-order valence-corrected chi connectivity index (χ3v) is 3.39. The normalized spacial score (nSPS) is 18.1. The van der Waals surface area contributed by atoms with Crippen molar-refractivity contribution in [3.05, 3.63) is 0 Å². The maximum absolute atomic E-state index is 11.0. The molecule has 0 amide bonds. The molecule has 0 aromatic carbocycles. The van der Waals surface area contributed by atoms with Gasteiger partial charge in [0, 0.05) is 5.25 Å². The van der Waals surface area contributed by atoms with Gasteiger partial charge in [-0.1, -0.05) is 12.8 Å². The molecule has 1 rings (SSSR count). The summed E-state index contributed by atoms with van der Waals surface area (Å²) < 4.78 is 4.84. The van der Waals surface area contributed by atoms with E-state index in [1.54, 1.807) is 11.8 Å². The van der Waals surface area contributed by atoms with Gasteiger partial charge in [-0.2, -0.15) is 0 Å². The summed E-state index contributed by atoms with van der Waals surface area (Å²) in [5.41, 5.74) is 0. The van der Waals surface area contributed by atoms with Crippen LogP contribution < -0.4 is 0 Å². The fraction of sp³-hybridized carbons (Fsp3) is 0.889. The van der Waals surface area contributed by atoms with Crippen molar-refractivity contribution in [2.75, 3.05) is 12.4 Å². The lowest BCUT2D eigenvalue weighted by Gasteiger charge is -2.07. The monoisotopic (exact) mass is 188 g/mol. The van der Waals surface area contributed by atoms with E-state index in [1.807, 2.05) is 6.92 Å². The van der Waals surface area contributed by atoms with Gasteiger partial charge in [0.05, 0.1) is 12.4 Å². The number of ether oxygens (including phenoxy) is 1. The highest BCUT2D eigenvalue weighted by Crippen LogP contribution is 2.29. The van der Waals surface area contributed by atoms with E-state index in [1.165, 1.54) is 25.7 Å². The van der Waals surface area contributed by atoms with Gasteiger partial charge in [0.25, 0.3) is 0 Å². The molecule has 0 heterocycles.